The van der Waals surface area contributed by atoms with Gasteiger partial charge in [0, 0.05) is 37.1 Å². The second-order valence-electron chi connectivity index (χ2n) is 3.69. The van der Waals surface area contributed by atoms with E-state index >= 15 is 0 Å². The van der Waals surface area contributed by atoms with Crippen LogP contribution in [0.5, 0.6) is 0 Å². The van der Waals surface area contributed by atoms with Crippen LogP contribution in [-0.4, -0.2) is 24.0 Å². The first-order valence-electron chi connectivity index (χ1n) is 5.51. The van der Waals surface area contributed by atoms with Gasteiger partial charge in [0.25, 0.3) is 0 Å². The van der Waals surface area contributed by atoms with Crippen molar-refractivity contribution >= 4 is 17.3 Å². The lowest BCUT2D eigenvalue weighted by Crippen LogP contribution is -2.27. The van der Waals surface area contributed by atoms with E-state index in [4.69, 9.17) is 11.6 Å². The summed E-state index contributed by atoms with van der Waals surface area (Å²) in [5.74, 6) is 0.672. The van der Waals surface area contributed by atoms with E-state index in [9.17, 15) is 0 Å². The summed E-state index contributed by atoms with van der Waals surface area (Å²) in [6.07, 6.45) is 6.17. The molecular weight excluding hydrogens is 208 g/mol. The quantitative estimate of drug-likeness (QED) is 0.693. The molecule has 15 heavy (non-hydrogen) atoms. The number of unbranched alkanes of at least 4 members (excludes halogenated alkanes) is 1. The highest BCUT2D eigenvalue weighted by Crippen LogP contribution is 2.18. The highest BCUT2D eigenvalue weighted by molar-refractivity contribution is 6.18. The summed E-state index contributed by atoms with van der Waals surface area (Å²) in [6.45, 7) is 6.29. The van der Waals surface area contributed by atoms with E-state index in [0.717, 1.165) is 13.1 Å². The molecule has 0 spiro atoms. The SMILES string of the molecule is CCCCN(CCCl)c1ccncc1C. The van der Waals surface area contributed by atoms with Gasteiger partial charge in [0.1, 0.15) is 0 Å². The molecule has 0 aromatic carbocycles. The molecule has 1 heterocycles. The number of aryl methyl sites for hydroxylation is 1. The Morgan fingerprint density at radius 2 is 2.20 bits per heavy atom. The van der Waals surface area contributed by atoms with Crippen LogP contribution in [0.4, 0.5) is 5.69 Å². The summed E-state index contributed by atoms with van der Waals surface area (Å²) < 4.78 is 0. The second kappa shape index (κ2) is 6.67. The van der Waals surface area contributed by atoms with Crippen LogP contribution in [0.1, 0.15) is 25.3 Å². The molecule has 1 aromatic heterocycles. The minimum Gasteiger partial charge on any atom is -0.370 e. The Balaban J connectivity index is 2.74. The maximum absolute atomic E-state index is 5.82. The van der Waals surface area contributed by atoms with Crippen LogP contribution in [0.15, 0.2) is 18.5 Å². The molecule has 0 aliphatic rings. The summed E-state index contributed by atoms with van der Waals surface area (Å²) in [4.78, 5) is 6.45. The standard InChI is InChI=1S/C12H19ClN2/c1-3-4-8-15(9-6-13)12-5-7-14-10-11(12)2/h5,7,10H,3-4,6,8-9H2,1-2H3. The summed E-state index contributed by atoms with van der Waals surface area (Å²) in [6, 6.07) is 2.07. The minimum absolute atomic E-state index is 0.672. The molecule has 0 unspecified atom stereocenters. The summed E-state index contributed by atoms with van der Waals surface area (Å²) in [5, 5.41) is 0. The normalized spacial score (nSPS) is 10.3. The maximum Gasteiger partial charge on any atom is 0.0427 e. The third-order valence-electron chi connectivity index (χ3n) is 2.47. The van der Waals surface area contributed by atoms with E-state index in [1.807, 2.05) is 12.4 Å². The van der Waals surface area contributed by atoms with E-state index in [1.54, 1.807) is 0 Å². The molecule has 84 valence electrons. The van der Waals surface area contributed by atoms with Gasteiger partial charge >= 0.3 is 0 Å². The van der Waals surface area contributed by atoms with Gasteiger partial charge in [-0.2, -0.15) is 0 Å². The molecule has 0 radical (unpaired) electrons. The van der Waals surface area contributed by atoms with Crippen molar-refractivity contribution in [2.45, 2.75) is 26.7 Å². The van der Waals surface area contributed by atoms with E-state index in [0.29, 0.717) is 5.88 Å². The first kappa shape index (κ1) is 12.3. The smallest absolute Gasteiger partial charge is 0.0427 e. The molecule has 0 aliphatic heterocycles. The van der Waals surface area contributed by atoms with E-state index in [1.165, 1.54) is 24.1 Å². The van der Waals surface area contributed by atoms with Crippen molar-refractivity contribution in [3.63, 3.8) is 0 Å². The molecule has 0 atom stereocenters. The van der Waals surface area contributed by atoms with Gasteiger partial charge in [-0.1, -0.05) is 13.3 Å². The molecule has 3 heteroatoms. The molecule has 0 aliphatic carbocycles. The lowest BCUT2D eigenvalue weighted by molar-refractivity contribution is 0.731. The molecule has 0 fully saturated rings. The molecule has 0 bridgehead atoms. The average molecular weight is 227 g/mol. The van der Waals surface area contributed by atoms with Crippen LogP contribution in [0.2, 0.25) is 0 Å². The fraction of sp³-hybridized carbons (Fsp3) is 0.583. The Morgan fingerprint density at radius 1 is 1.40 bits per heavy atom. The average Bonchev–Trinajstić information content (AvgIpc) is 2.25. The molecule has 1 rings (SSSR count). The van der Waals surface area contributed by atoms with Gasteiger partial charge in [-0.05, 0) is 25.0 Å². The van der Waals surface area contributed by atoms with Crippen LogP contribution in [0.25, 0.3) is 0 Å². The Hall–Kier alpha value is -0.760. The first-order valence-corrected chi connectivity index (χ1v) is 6.04. The van der Waals surface area contributed by atoms with Crippen LogP contribution >= 0.6 is 11.6 Å². The molecule has 0 amide bonds. The number of aromatic nitrogens is 1. The van der Waals surface area contributed by atoms with Crippen molar-refractivity contribution in [3.8, 4) is 0 Å². The topological polar surface area (TPSA) is 16.1 Å². The third-order valence-corrected chi connectivity index (χ3v) is 2.64. The number of halogens is 1. The van der Waals surface area contributed by atoms with Crippen molar-refractivity contribution in [2.24, 2.45) is 0 Å². The van der Waals surface area contributed by atoms with E-state index < -0.39 is 0 Å². The molecule has 0 saturated heterocycles. The number of alkyl halides is 1. The van der Waals surface area contributed by atoms with Crippen LogP contribution in [0, 0.1) is 6.92 Å². The Kier molecular flexibility index (Phi) is 5.48. The van der Waals surface area contributed by atoms with Crippen LogP contribution < -0.4 is 4.90 Å². The molecular formula is C12H19ClN2. The van der Waals surface area contributed by atoms with Crippen LogP contribution in [-0.2, 0) is 0 Å². The van der Waals surface area contributed by atoms with Crippen molar-refractivity contribution < 1.29 is 0 Å². The van der Waals surface area contributed by atoms with Gasteiger partial charge in [0.15, 0.2) is 0 Å². The van der Waals surface area contributed by atoms with Crippen molar-refractivity contribution in [3.05, 3.63) is 24.0 Å². The van der Waals surface area contributed by atoms with Gasteiger partial charge in [0.05, 0.1) is 0 Å². The highest BCUT2D eigenvalue weighted by atomic mass is 35.5. The lowest BCUT2D eigenvalue weighted by Gasteiger charge is -2.25. The van der Waals surface area contributed by atoms with Crippen molar-refractivity contribution in [1.29, 1.82) is 0 Å². The zero-order valence-electron chi connectivity index (χ0n) is 9.54. The van der Waals surface area contributed by atoms with Crippen LogP contribution in [0.3, 0.4) is 0 Å². The van der Waals surface area contributed by atoms with Gasteiger partial charge in [0.2, 0.25) is 0 Å². The number of hydrogen-bond acceptors (Lipinski definition) is 2. The fourth-order valence-corrected chi connectivity index (χ4v) is 1.83. The monoisotopic (exact) mass is 226 g/mol. The van der Waals surface area contributed by atoms with Crippen molar-refractivity contribution in [1.82, 2.24) is 4.98 Å². The molecule has 2 nitrogen and oxygen atoms in total. The summed E-state index contributed by atoms with van der Waals surface area (Å²) >= 11 is 5.82. The molecule has 0 saturated carbocycles. The zero-order valence-corrected chi connectivity index (χ0v) is 10.3. The number of rotatable bonds is 6. The molecule has 0 N–H and O–H groups in total. The van der Waals surface area contributed by atoms with E-state index in [-0.39, 0.29) is 0 Å². The number of nitrogens with zero attached hydrogens (tertiary/aromatic N) is 2. The van der Waals surface area contributed by atoms with Gasteiger partial charge in [-0.3, -0.25) is 4.98 Å². The Morgan fingerprint density at radius 3 is 2.80 bits per heavy atom. The molecule has 1 aromatic rings. The predicted octanol–water partition coefficient (Wildman–Crippen LogP) is 3.24. The number of anilines is 1. The van der Waals surface area contributed by atoms with Crippen molar-refractivity contribution in [2.75, 3.05) is 23.9 Å². The van der Waals surface area contributed by atoms with E-state index in [2.05, 4.69) is 29.8 Å². The van der Waals surface area contributed by atoms with Gasteiger partial charge < -0.3 is 4.90 Å². The van der Waals surface area contributed by atoms with Gasteiger partial charge in [-0.15, -0.1) is 11.6 Å². The number of pyridine rings is 1. The zero-order chi connectivity index (χ0) is 11.1. The maximum atomic E-state index is 5.82. The minimum atomic E-state index is 0.672. The summed E-state index contributed by atoms with van der Waals surface area (Å²) in [7, 11) is 0. The highest BCUT2D eigenvalue weighted by Gasteiger charge is 2.07. The largest absolute Gasteiger partial charge is 0.370 e. The lowest BCUT2D eigenvalue weighted by atomic mass is 10.2. The third kappa shape index (κ3) is 3.71. The Labute approximate surface area is 97.3 Å². The first-order chi connectivity index (χ1) is 7.29. The number of hydrogen-bond donors (Lipinski definition) is 0. The second-order valence-corrected chi connectivity index (χ2v) is 4.07. The fourth-order valence-electron chi connectivity index (χ4n) is 1.62. The summed E-state index contributed by atoms with van der Waals surface area (Å²) in [5.41, 5.74) is 2.48. The predicted molar refractivity (Wildman–Crippen MR) is 66.8 cm³/mol. The van der Waals surface area contributed by atoms with Gasteiger partial charge in [-0.25, -0.2) is 0 Å². The Bertz CT molecular complexity index is 289.